The number of methoxy groups -OCH3 is 1. The van der Waals surface area contributed by atoms with E-state index in [4.69, 9.17) is 15.2 Å². The van der Waals surface area contributed by atoms with E-state index in [1.807, 2.05) is 28.8 Å². The Kier molecular flexibility index (Phi) is 7.75. The number of benzene rings is 2. The van der Waals surface area contributed by atoms with Crippen molar-refractivity contribution in [2.45, 2.75) is 32.1 Å². The molecule has 2 heterocycles. The largest absolute Gasteiger partial charge is 0.496 e. The maximum Gasteiger partial charge on any atom is 0.416 e. The van der Waals surface area contributed by atoms with Gasteiger partial charge >= 0.3 is 12.3 Å². The number of anilines is 1. The molecular weight excluding hydrogens is 489 g/mol. The van der Waals surface area contributed by atoms with Crippen molar-refractivity contribution in [1.82, 2.24) is 24.8 Å². The van der Waals surface area contributed by atoms with E-state index in [0.29, 0.717) is 53.3 Å². The van der Waals surface area contributed by atoms with Crippen molar-refractivity contribution >= 4 is 23.1 Å². The van der Waals surface area contributed by atoms with Crippen molar-refractivity contribution in [3.8, 4) is 17.1 Å². The fourth-order valence-corrected chi connectivity index (χ4v) is 3.71. The minimum atomic E-state index is -4.44. The zero-order valence-electron chi connectivity index (χ0n) is 20.0. The van der Waals surface area contributed by atoms with Gasteiger partial charge in [0.25, 0.3) is 0 Å². The number of fused-ring (bicyclic) bond motifs is 1. The molecule has 0 saturated carbocycles. The second-order valence-corrected chi connectivity index (χ2v) is 8.14. The Bertz CT molecular complexity index is 1390. The third-order valence-corrected chi connectivity index (χ3v) is 5.56. The number of carbonyl (C=O) groups is 1. The topological polar surface area (TPSA) is 117 Å². The van der Waals surface area contributed by atoms with Crippen molar-refractivity contribution in [3.63, 3.8) is 0 Å². The van der Waals surface area contributed by atoms with E-state index in [9.17, 15) is 18.0 Å². The Morgan fingerprint density at radius 2 is 1.92 bits per heavy atom. The van der Waals surface area contributed by atoms with Crippen LogP contribution in [0.1, 0.15) is 24.0 Å². The van der Waals surface area contributed by atoms with Crippen LogP contribution in [0.5, 0.6) is 5.75 Å². The summed E-state index contributed by atoms with van der Waals surface area (Å²) >= 11 is 0. The Hall–Kier alpha value is -4.35. The number of hydrogen-bond donors (Lipinski definition) is 2. The average molecular weight is 515 g/mol. The van der Waals surface area contributed by atoms with Crippen LogP contribution in [0.25, 0.3) is 22.6 Å². The molecule has 0 aliphatic heterocycles. The fourth-order valence-electron chi connectivity index (χ4n) is 3.71. The number of imidazole rings is 1. The maximum atomic E-state index is 12.8. The van der Waals surface area contributed by atoms with Gasteiger partial charge in [-0.25, -0.2) is 19.7 Å². The zero-order chi connectivity index (χ0) is 26.4. The number of aromatic nitrogens is 4. The van der Waals surface area contributed by atoms with Crippen LogP contribution in [-0.2, 0) is 24.0 Å². The van der Waals surface area contributed by atoms with Gasteiger partial charge in [-0.15, -0.1) is 0 Å². The van der Waals surface area contributed by atoms with Gasteiger partial charge in [-0.2, -0.15) is 13.2 Å². The van der Waals surface area contributed by atoms with Gasteiger partial charge in [0.15, 0.2) is 17.3 Å². The summed E-state index contributed by atoms with van der Waals surface area (Å²) in [5, 5.41) is 2.46. The molecule has 0 saturated heterocycles. The second-order valence-electron chi connectivity index (χ2n) is 8.14. The number of nitrogens with two attached hydrogens (primary N) is 1. The molecule has 0 fully saturated rings. The normalized spacial score (nSPS) is 11.5. The molecule has 37 heavy (non-hydrogen) atoms. The van der Waals surface area contributed by atoms with Crippen LogP contribution in [0, 0.1) is 0 Å². The highest BCUT2D eigenvalue weighted by atomic mass is 19.4. The molecule has 2 aromatic heterocycles. The van der Waals surface area contributed by atoms with Crippen molar-refractivity contribution in [1.29, 1.82) is 0 Å². The first-order valence-electron chi connectivity index (χ1n) is 11.4. The number of ether oxygens (including phenoxy) is 2. The fraction of sp³-hybridized carbons (Fsp3) is 0.280. The summed E-state index contributed by atoms with van der Waals surface area (Å²) in [4.78, 5) is 25.2. The molecule has 4 aromatic rings. The number of alkyl halides is 3. The van der Waals surface area contributed by atoms with E-state index < -0.39 is 17.8 Å². The van der Waals surface area contributed by atoms with Crippen molar-refractivity contribution in [3.05, 3.63) is 66.0 Å². The number of rotatable bonds is 9. The number of nitrogen functional groups attached to an aromatic ring is 1. The number of carbonyl (C=O) groups excluding carboxylic acids is 1. The second kappa shape index (κ2) is 11.1. The number of hydrogen-bond acceptors (Lipinski definition) is 7. The Labute approximate surface area is 210 Å². The molecule has 1 amide bonds. The van der Waals surface area contributed by atoms with Crippen molar-refractivity contribution in [2.24, 2.45) is 0 Å². The Morgan fingerprint density at radius 1 is 1.11 bits per heavy atom. The summed E-state index contributed by atoms with van der Waals surface area (Å²) in [5.41, 5.74) is 7.45. The van der Waals surface area contributed by atoms with Crippen LogP contribution in [-0.4, -0.2) is 39.3 Å². The lowest BCUT2D eigenvalue weighted by atomic mass is 10.1. The molecule has 194 valence electrons. The van der Waals surface area contributed by atoms with Gasteiger partial charge in [0.05, 0.1) is 31.2 Å². The van der Waals surface area contributed by atoms with Crippen LogP contribution in [0.4, 0.5) is 23.8 Å². The molecule has 2 aromatic carbocycles. The lowest BCUT2D eigenvalue weighted by Crippen LogP contribution is -2.24. The number of alkyl carbamates (subject to hydrolysis) is 1. The standard InChI is InChI=1S/C25H25F3N6O3/c1-36-19-10-3-2-9-18(19)22-32-21(29)20-23(33-22)34(15-31-20)11-4-5-12-37-24(35)30-14-16-7-6-8-17(13-16)25(26,27)28/h2-3,6-10,13,15H,4-5,11-12,14H2,1H3,(H,30,35)(H2,29,32,33). The molecule has 4 rings (SSSR count). The van der Waals surface area contributed by atoms with Crippen LogP contribution >= 0.6 is 0 Å². The number of halogens is 3. The highest BCUT2D eigenvalue weighted by molar-refractivity contribution is 5.84. The van der Waals surface area contributed by atoms with E-state index in [-0.39, 0.29) is 19.0 Å². The van der Waals surface area contributed by atoms with E-state index in [0.717, 1.165) is 12.1 Å². The van der Waals surface area contributed by atoms with Crippen LogP contribution in [0.3, 0.4) is 0 Å². The molecule has 0 atom stereocenters. The van der Waals surface area contributed by atoms with Crippen LogP contribution < -0.4 is 15.8 Å². The van der Waals surface area contributed by atoms with E-state index in [1.165, 1.54) is 12.1 Å². The summed E-state index contributed by atoms with van der Waals surface area (Å²) in [7, 11) is 1.57. The highest BCUT2D eigenvalue weighted by Crippen LogP contribution is 2.30. The number of amides is 1. The molecule has 0 bridgehead atoms. The molecule has 12 heteroatoms. The number of aryl methyl sites for hydroxylation is 1. The van der Waals surface area contributed by atoms with E-state index >= 15 is 0 Å². The van der Waals surface area contributed by atoms with E-state index in [1.54, 1.807) is 13.4 Å². The Balaban J connectivity index is 1.29. The van der Waals surface area contributed by atoms with Crippen LogP contribution in [0.15, 0.2) is 54.9 Å². The van der Waals surface area contributed by atoms with Gasteiger partial charge in [-0.05, 0) is 42.7 Å². The SMILES string of the molecule is COc1ccccc1-c1nc(N)c2ncn(CCCCOC(=O)NCc3cccc(C(F)(F)F)c3)c2n1. The average Bonchev–Trinajstić information content (AvgIpc) is 3.30. The first-order chi connectivity index (χ1) is 17.8. The molecular formula is C25H25F3N6O3. The first-order valence-corrected chi connectivity index (χ1v) is 11.4. The van der Waals surface area contributed by atoms with Crippen molar-refractivity contribution < 1.29 is 27.4 Å². The smallest absolute Gasteiger partial charge is 0.416 e. The molecule has 3 N–H and O–H groups in total. The third-order valence-electron chi connectivity index (χ3n) is 5.56. The Morgan fingerprint density at radius 3 is 2.70 bits per heavy atom. The molecule has 0 aliphatic carbocycles. The summed E-state index contributed by atoms with van der Waals surface area (Å²) in [6, 6.07) is 12.1. The van der Waals surface area contributed by atoms with Crippen LogP contribution in [0.2, 0.25) is 0 Å². The summed E-state index contributed by atoms with van der Waals surface area (Å²) in [5.74, 6) is 1.30. The van der Waals surface area contributed by atoms with Gasteiger partial charge in [-0.3, -0.25) is 0 Å². The predicted molar refractivity (Wildman–Crippen MR) is 131 cm³/mol. The lowest BCUT2D eigenvalue weighted by molar-refractivity contribution is -0.137. The number of nitrogens with zero attached hydrogens (tertiary/aromatic N) is 4. The number of para-hydroxylation sites is 1. The minimum absolute atomic E-state index is 0.0700. The minimum Gasteiger partial charge on any atom is -0.496 e. The molecule has 9 nitrogen and oxygen atoms in total. The molecule has 0 spiro atoms. The molecule has 0 unspecified atom stereocenters. The highest BCUT2D eigenvalue weighted by Gasteiger charge is 2.30. The predicted octanol–water partition coefficient (Wildman–Crippen LogP) is 4.81. The zero-order valence-corrected chi connectivity index (χ0v) is 20.0. The lowest BCUT2D eigenvalue weighted by Gasteiger charge is -2.10. The monoisotopic (exact) mass is 514 g/mol. The third kappa shape index (κ3) is 6.26. The summed E-state index contributed by atoms with van der Waals surface area (Å²) < 4.78 is 50.8. The number of unbranched alkanes of at least 4 members (excludes halogenated alkanes) is 1. The summed E-state index contributed by atoms with van der Waals surface area (Å²) in [6.45, 7) is 0.623. The van der Waals surface area contributed by atoms with Gasteiger partial charge < -0.3 is 25.1 Å². The number of nitrogens with one attached hydrogen (secondary N) is 1. The summed E-state index contributed by atoms with van der Waals surface area (Å²) in [6.07, 6.45) is -2.31. The quantitative estimate of drug-likeness (QED) is 0.308. The van der Waals surface area contributed by atoms with Gasteiger partial charge in [0.2, 0.25) is 0 Å². The van der Waals surface area contributed by atoms with Gasteiger partial charge in [-0.1, -0.05) is 24.3 Å². The van der Waals surface area contributed by atoms with E-state index in [2.05, 4.69) is 20.3 Å². The molecule has 0 aliphatic rings. The van der Waals surface area contributed by atoms with Gasteiger partial charge in [0, 0.05) is 13.1 Å². The first kappa shape index (κ1) is 25.7. The van der Waals surface area contributed by atoms with Crippen molar-refractivity contribution in [2.75, 3.05) is 19.5 Å². The molecule has 0 radical (unpaired) electrons. The van der Waals surface area contributed by atoms with Gasteiger partial charge in [0.1, 0.15) is 11.3 Å². The maximum absolute atomic E-state index is 12.8.